The number of amides is 1. The van der Waals surface area contributed by atoms with E-state index in [9.17, 15) is 4.79 Å². The maximum absolute atomic E-state index is 12.7. The number of carbonyl (C=O) groups excluding carboxylic acids is 1. The van der Waals surface area contributed by atoms with Crippen LogP contribution in [0.4, 0.5) is 5.69 Å². The van der Waals surface area contributed by atoms with Crippen LogP contribution in [0.5, 0.6) is 5.75 Å². The molecule has 0 saturated carbocycles. The maximum Gasteiger partial charge on any atom is 0.276 e. The van der Waals surface area contributed by atoms with Crippen molar-refractivity contribution in [1.29, 1.82) is 0 Å². The van der Waals surface area contributed by atoms with Crippen LogP contribution in [-0.2, 0) is 0 Å². The molecule has 0 radical (unpaired) electrons. The predicted molar refractivity (Wildman–Crippen MR) is 93.9 cm³/mol. The molecule has 122 valence electrons. The lowest BCUT2D eigenvalue weighted by molar-refractivity contribution is 0.0988. The van der Waals surface area contributed by atoms with Crippen LogP contribution in [0.2, 0.25) is 0 Å². The maximum atomic E-state index is 12.7. The van der Waals surface area contributed by atoms with Gasteiger partial charge in [-0.05, 0) is 55.5 Å². The van der Waals surface area contributed by atoms with Crippen molar-refractivity contribution in [1.82, 2.24) is 9.55 Å². The number of carbonyl (C=O) groups is 1. The number of benzene rings is 1. The molecule has 3 rings (SSSR count). The van der Waals surface area contributed by atoms with E-state index >= 15 is 0 Å². The number of nitrogens with zero attached hydrogens (tertiary/aromatic N) is 3. The Balaban J connectivity index is 1.81. The lowest BCUT2D eigenvalue weighted by Gasteiger charge is -2.17. The molecule has 0 spiro atoms. The van der Waals surface area contributed by atoms with Gasteiger partial charge in [-0.15, -0.1) is 0 Å². The summed E-state index contributed by atoms with van der Waals surface area (Å²) in [7, 11) is 1.74. The van der Waals surface area contributed by atoms with Gasteiger partial charge in [-0.25, -0.2) is 0 Å². The van der Waals surface area contributed by atoms with Gasteiger partial charge in [-0.3, -0.25) is 9.78 Å². The second-order valence-electron chi connectivity index (χ2n) is 5.28. The molecular weight excluding hydrogens is 302 g/mol. The summed E-state index contributed by atoms with van der Waals surface area (Å²) in [6.45, 7) is 2.55. The molecule has 1 amide bonds. The van der Waals surface area contributed by atoms with Crippen molar-refractivity contribution in [2.45, 2.75) is 6.92 Å². The Morgan fingerprint density at radius 1 is 1.17 bits per heavy atom. The van der Waals surface area contributed by atoms with Crippen LogP contribution in [-0.4, -0.2) is 29.1 Å². The fraction of sp³-hybridized carbons (Fsp3) is 0.158. The molecule has 24 heavy (non-hydrogen) atoms. The standard InChI is InChI=1S/C19H19N3O2/c1-3-24-17-8-6-15(7-9-17)21(2)19(23)18-14-16(10-11-20-18)22-12-4-5-13-22/h4-14H,3H2,1-2H3. The zero-order valence-corrected chi connectivity index (χ0v) is 13.7. The molecule has 1 aromatic carbocycles. The Bertz CT molecular complexity index is 811. The third-order valence-electron chi connectivity index (χ3n) is 3.70. The first-order valence-electron chi connectivity index (χ1n) is 7.79. The van der Waals surface area contributed by atoms with Crippen molar-refractivity contribution in [3.63, 3.8) is 0 Å². The van der Waals surface area contributed by atoms with Crippen molar-refractivity contribution in [2.75, 3.05) is 18.6 Å². The number of ether oxygens (including phenoxy) is 1. The number of aromatic nitrogens is 2. The molecule has 0 N–H and O–H groups in total. The van der Waals surface area contributed by atoms with Crippen LogP contribution >= 0.6 is 0 Å². The third-order valence-corrected chi connectivity index (χ3v) is 3.70. The minimum Gasteiger partial charge on any atom is -0.494 e. The average molecular weight is 321 g/mol. The van der Waals surface area contributed by atoms with Crippen LogP contribution in [0.1, 0.15) is 17.4 Å². The molecule has 0 fully saturated rings. The van der Waals surface area contributed by atoms with Crippen molar-refractivity contribution >= 4 is 11.6 Å². The van der Waals surface area contributed by atoms with E-state index in [0.29, 0.717) is 12.3 Å². The Kier molecular flexibility index (Phi) is 4.61. The summed E-state index contributed by atoms with van der Waals surface area (Å²) >= 11 is 0. The topological polar surface area (TPSA) is 47.4 Å². The molecule has 2 heterocycles. The summed E-state index contributed by atoms with van der Waals surface area (Å²) in [6.07, 6.45) is 5.51. The molecular formula is C19H19N3O2. The van der Waals surface area contributed by atoms with E-state index in [1.165, 1.54) is 0 Å². The summed E-state index contributed by atoms with van der Waals surface area (Å²) in [6, 6.07) is 15.0. The molecule has 0 aliphatic heterocycles. The number of pyridine rings is 1. The van der Waals surface area contributed by atoms with E-state index in [-0.39, 0.29) is 5.91 Å². The molecule has 5 nitrogen and oxygen atoms in total. The monoisotopic (exact) mass is 321 g/mol. The first kappa shape index (κ1) is 15.8. The highest BCUT2D eigenvalue weighted by atomic mass is 16.5. The molecule has 5 heteroatoms. The van der Waals surface area contributed by atoms with Gasteiger partial charge in [0.2, 0.25) is 0 Å². The minimum absolute atomic E-state index is 0.159. The number of anilines is 1. The van der Waals surface area contributed by atoms with Gasteiger partial charge in [0.25, 0.3) is 5.91 Å². The predicted octanol–water partition coefficient (Wildman–Crippen LogP) is 3.55. The molecule has 0 aliphatic carbocycles. The fourth-order valence-electron chi connectivity index (χ4n) is 2.43. The molecule has 0 atom stereocenters. The normalized spacial score (nSPS) is 10.4. The fourth-order valence-corrected chi connectivity index (χ4v) is 2.43. The highest BCUT2D eigenvalue weighted by Crippen LogP contribution is 2.20. The van der Waals surface area contributed by atoms with E-state index in [1.807, 2.05) is 66.3 Å². The van der Waals surface area contributed by atoms with Crippen LogP contribution in [0.15, 0.2) is 67.1 Å². The lowest BCUT2D eigenvalue weighted by atomic mass is 10.2. The first-order valence-corrected chi connectivity index (χ1v) is 7.79. The van der Waals surface area contributed by atoms with Crippen LogP contribution in [0.3, 0.4) is 0 Å². The summed E-state index contributed by atoms with van der Waals surface area (Å²) < 4.78 is 7.36. The van der Waals surface area contributed by atoms with Gasteiger partial charge < -0.3 is 14.2 Å². The SMILES string of the molecule is CCOc1ccc(N(C)C(=O)c2cc(-n3cccc3)ccn2)cc1. The largest absolute Gasteiger partial charge is 0.494 e. The summed E-state index contributed by atoms with van der Waals surface area (Å²) in [5.74, 6) is 0.628. The second-order valence-corrected chi connectivity index (χ2v) is 5.28. The van der Waals surface area contributed by atoms with E-state index in [0.717, 1.165) is 17.1 Å². The minimum atomic E-state index is -0.159. The summed E-state index contributed by atoms with van der Waals surface area (Å²) in [5.41, 5.74) is 2.09. The third kappa shape index (κ3) is 3.30. The van der Waals surface area contributed by atoms with E-state index in [4.69, 9.17) is 4.74 Å². The quantitative estimate of drug-likeness (QED) is 0.722. The van der Waals surface area contributed by atoms with E-state index in [1.54, 1.807) is 24.2 Å². The van der Waals surface area contributed by atoms with Crippen molar-refractivity contribution in [3.8, 4) is 11.4 Å². The van der Waals surface area contributed by atoms with E-state index in [2.05, 4.69) is 4.98 Å². The van der Waals surface area contributed by atoms with Gasteiger partial charge in [-0.1, -0.05) is 0 Å². The Morgan fingerprint density at radius 3 is 2.54 bits per heavy atom. The lowest BCUT2D eigenvalue weighted by Crippen LogP contribution is -2.27. The molecule has 2 aromatic heterocycles. The number of hydrogen-bond acceptors (Lipinski definition) is 3. The van der Waals surface area contributed by atoms with Crippen molar-refractivity contribution in [2.24, 2.45) is 0 Å². The van der Waals surface area contributed by atoms with Gasteiger partial charge in [0.1, 0.15) is 11.4 Å². The van der Waals surface area contributed by atoms with E-state index < -0.39 is 0 Å². The highest BCUT2D eigenvalue weighted by Gasteiger charge is 2.15. The van der Waals surface area contributed by atoms with Crippen LogP contribution < -0.4 is 9.64 Å². The smallest absolute Gasteiger partial charge is 0.276 e. The second kappa shape index (κ2) is 7.00. The highest BCUT2D eigenvalue weighted by molar-refractivity contribution is 6.04. The molecule has 0 bridgehead atoms. The zero-order valence-electron chi connectivity index (χ0n) is 13.7. The number of rotatable bonds is 5. The van der Waals surface area contributed by atoms with Gasteiger partial charge in [0, 0.05) is 37.0 Å². The molecule has 0 aliphatic rings. The Hall–Kier alpha value is -3.08. The first-order chi connectivity index (χ1) is 11.7. The van der Waals surface area contributed by atoms with Crippen LogP contribution in [0, 0.1) is 0 Å². The summed E-state index contributed by atoms with van der Waals surface area (Å²) in [4.78, 5) is 18.5. The Morgan fingerprint density at radius 2 is 1.88 bits per heavy atom. The van der Waals surface area contributed by atoms with Crippen molar-refractivity contribution in [3.05, 3.63) is 72.8 Å². The van der Waals surface area contributed by atoms with Crippen LogP contribution in [0.25, 0.3) is 5.69 Å². The van der Waals surface area contributed by atoms with Gasteiger partial charge in [0.05, 0.1) is 6.61 Å². The number of hydrogen-bond donors (Lipinski definition) is 0. The van der Waals surface area contributed by atoms with Crippen molar-refractivity contribution < 1.29 is 9.53 Å². The molecule has 0 unspecified atom stereocenters. The zero-order chi connectivity index (χ0) is 16.9. The van der Waals surface area contributed by atoms with Gasteiger partial charge in [-0.2, -0.15) is 0 Å². The molecule has 0 saturated heterocycles. The van der Waals surface area contributed by atoms with Gasteiger partial charge >= 0.3 is 0 Å². The summed E-state index contributed by atoms with van der Waals surface area (Å²) in [5, 5.41) is 0. The average Bonchev–Trinajstić information content (AvgIpc) is 3.16. The van der Waals surface area contributed by atoms with Gasteiger partial charge in [0.15, 0.2) is 0 Å². The molecule has 3 aromatic rings. The Labute approximate surface area is 141 Å².